The zero-order valence-electron chi connectivity index (χ0n) is 10.7. The van der Waals surface area contributed by atoms with Crippen LogP contribution in [0, 0.1) is 17.1 Å². The Labute approximate surface area is 112 Å². The second-order valence-electron chi connectivity index (χ2n) is 4.32. The highest BCUT2D eigenvalue weighted by atomic mass is 19.1. The summed E-state index contributed by atoms with van der Waals surface area (Å²) in [6.45, 7) is 2.05. The average molecular weight is 254 g/mol. The van der Waals surface area contributed by atoms with Crippen molar-refractivity contribution in [1.29, 1.82) is 5.26 Å². The number of benzene rings is 2. The maximum Gasteiger partial charge on any atom is 0.147 e. The topological polar surface area (TPSA) is 35.8 Å². The van der Waals surface area contributed by atoms with Crippen LogP contribution in [0.25, 0.3) is 0 Å². The van der Waals surface area contributed by atoms with Gasteiger partial charge in [-0.05, 0) is 30.2 Å². The molecule has 3 heteroatoms. The molecule has 0 bridgehead atoms. The third-order valence-electron chi connectivity index (χ3n) is 3.04. The fourth-order valence-corrected chi connectivity index (χ4v) is 2.00. The van der Waals surface area contributed by atoms with E-state index >= 15 is 0 Å². The Kier molecular flexibility index (Phi) is 4.15. The van der Waals surface area contributed by atoms with Gasteiger partial charge < -0.3 is 5.32 Å². The van der Waals surface area contributed by atoms with Gasteiger partial charge in [0.2, 0.25) is 0 Å². The van der Waals surface area contributed by atoms with Crippen molar-refractivity contribution in [3.05, 3.63) is 65.5 Å². The molecule has 1 unspecified atom stereocenters. The summed E-state index contributed by atoms with van der Waals surface area (Å²) in [5.41, 5.74) is 1.87. The Morgan fingerprint density at radius 2 is 1.95 bits per heavy atom. The largest absolute Gasteiger partial charge is 0.376 e. The van der Waals surface area contributed by atoms with Gasteiger partial charge in [0.25, 0.3) is 0 Å². The van der Waals surface area contributed by atoms with Crippen LogP contribution in [-0.2, 0) is 0 Å². The molecular formula is C16H15FN2. The zero-order chi connectivity index (χ0) is 13.7. The molecule has 0 spiro atoms. The van der Waals surface area contributed by atoms with Crippen LogP contribution in [0.5, 0.6) is 0 Å². The maximum atomic E-state index is 13.8. The average Bonchev–Trinajstić information content (AvgIpc) is 2.47. The molecule has 0 aromatic heterocycles. The van der Waals surface area contributed by atoms with Crippen molar-refractivity contribution in [3.8, 4) is 6.07 Å². The Bertz CT molecular complexity index is 587. The third kappa shape index (κ3) is 3.11. The van der Waals surface area contributed by atoms with Crippen LogP contribution < -0.4 is 5.32 Å². The summed E-state index contributed by atoms with van der Waals surface area (Å²) in [5.74, 6) is -0.395. The molecule has 2 aromatic rings. The molecule has 0 saturated carbocycles. The molecule has 19 heavy (non-hydrogen) atoms. The minimum Gasteiger partial charge on any atom is -0.376 e. The lowest BCUT2D eigenvalue weighted by molar-refractivity contribution is 0.623. The summed E-state index contributed by atoms with van der Waals surface area (Å²) < 4.78 is 13.8. The van der Waals surface area contributed by atoms with Gasteiger partial charge in [0.1, 0.15) is 5.82 Å². The van der Waals surface area contributed by atoms with Crippen LogP contribution in [0.15, 0.2) is 48.5 Å². The predicted octanol–water partition coefficient (Wildman–Crippen LogP) is 4.26. The van der Waals surface area contributed by atoms with Crippen molar-refractivity contribution < 1.29 is 4.39 Å². The minimum atomic E-state index is -0.395. The van der Waals surface area contributed by atoms with Gasteiger partial charge in [0.05, 0.1) is 23.4 Å². The molecule has 0 amide bonds. The van der Waals surface area contributed by atoms with Gasteiger partial charge >= 0.3 is 0 Å². The fraction of sp³-hybridized carbons (Fsp3) is 0.188. The standard InChI is InChI=1S/C16H15FN2/c1-2-15(13-6-4-3-5-7-13)19-16-9-8-12(11-18)10-14(16)17/h3-10,15,19H,2H2,1H3. The van der Waals surface area contributed by atoms with Crippen molar-refractivity contribution in [1.82, 2.24) is 0 Å². The number of hydrogen-bond donors (Lipinski definition) is 1. The van der Waals surface area contributed by atoms with Gasteiger partial charge in [0.15, 0.2) is 0 Å². The maximum absolute atomic E-state index is 13.8. The quantitative estimate of drug-likeness (QED) is 0.884. The molecule has 0 heterocycles. The molecule has 2 nitrogen and oxygen atoms in total. The van der Waals surface area contributed by atoms with Crippen molar-refractivity contribution in [3.63, 3.8) is 0 Å². The number of nitrogens with zero attached hydrogens (tertiary/aromatic N) is 1. The molecule has 0 saturated heterocycles. The molecule has 0 radical (unpaired) electrons. The van der Waals surface area contributed by atoms with E-state index in [-0.39, 0.29) is 6.04 Å². The van der Waals surface area contributed by atoms with Crippen molar-refractivity contribution in [2.75, 3.05) is 5.32 Å². The van der Waals surface area contributed by atoms with E-state index < -0.39 is 5.82 Å². The highest BCUT2D eigenvalue weighted by molar-refractivity contribution is 5.50. The van der Waals surface area contributed by atoms with Crippen LogP contribution in [-0.4, -0.2) is 0 Å². The van der Waals surface area contributed by atoms with Crippen LogP contribution in [0.4, 0.5) is 10.1 Å². The second-order valence-corrected chi connectivity index (χ2v) is 4.32. The Morgan fingerprint density at radius 3 is 2.53 bits per heavy atom. The lowest BCUT2D eigenvalue weighted by Gasteiger charge is -2.19. The summed E-state index contributed by atoms with van der Waals surface area (Å²) in [6.07, 6.45) is 0.851. The number of nitriles is 1. The Morgan fingerprint density at radius 1 is 1.21 bits per heavy atom. The fourth-order valence-electron chi connectivity index (χ4n) is 2.00. The molecule has 1 atom stereocenters. The SMILES string of the molecule is CCC(Nc1ccc(C#N)cc1F)c1ccccc1. The number of hydrogen-bond acceptors (Lipinski definition) is 2. The second kappa shape index (κ2) is 6.01. The lowest BCUT2D eigenvalue weighted by atomic mass is 10.0. The molecule has 2 aromatic carbocycles. The summed E-state index contributed by atoms with van der Waals surface area (Å²) in [6, 6.07) is 16.4. The first kappa shape index (κ1) is 13.1. The molecular weight excluding hydrogens is 239 g/mol. The number of anilines is 1. The lowest BCUT2D eigenvalue weighted by Crippen LogP contribution is -2.10. The van der Waals surface area contributed by atoms with Gasteiger partial charge in [0, 0.05) is 0 Å². The summed E-state index contributed by atoms with van der Waals surface area (Å²) >= 11 is 0. The molecule has 1 N–H and O–H groups in total. The first-order chi connectivity index (χ1) is 9.24. The molecule has 0 aliphatic rings. The first-order valence-electron chi connectivity index (χ1n) is 6.25. The normalized spacial score (nSPS) is 11.6. The Balaban J connectivity index is 2.22. The molecule has 0 aliphatic heterocycles. The number of halogens is 1. The molecule has 0 fully saturated rings. The minimum absolute atomic E-state index is 0.0589. The molecule has 2 rings (SSSR count). The Hall–Kier alpha value is -2.34. The monoisotopic (exact) mass is 254 g/mol. The van der Waals surface area contributed by atoms with E-state index in [4.69, 9.17) is 5.26 Å². The van der Waals surface area contributed by atoms with Crippen molar-refractivity contribution in [2.45, 2.75) is 19.4 Å². The summed E-state index contributed by atoms with van der Waals surface area (Å²) in [7, 11) is 0. The molecule has 0 aliphatic carbocycles. The predicted molar refractivity (Wildman–Crippen MR) is 74.2 cm³/mol. The van der Waals surface area contributed by atoms with E-state index in [1.165, 1.54) is 6.07 Å². The van der Waals surface area contributed by atoms with Gasteiger partial charge in [-0.1, -0.05) is 37.3 Å². The van der Waals surface area contributed by atoms with E-state index in [0.717, 1.165) is 12.0 Å². The van der Waals surface area contributed by atoms with E-state index in [0.29, 0.717) is 11.3 Å². The zero-order valence-corrected chi connectivity index (χ0v) is 10.7. The van der Waals surface area contributed by atoms with Crippen molar-refractivity contribution >= 4 is 5.69 Å². The van der Waals surface area contributed by atoms with Crippen LogP contribution in [0.1, 0.15) is 30.5 Å². The smallest absolute Gasteiger partial charge is 0.147 e. The van der Waals surface area contributed by atoms with Gasteiger partial charge in [-0.25, -0.2) is 4.39 Å². The number of rotatable bonds is 4. The first-order valence-corrected chi connectivity index (χ1v) is 6.25. The van der Waals surface area contributed by atoms with E-state index in [9.17, 15) is 4.39 Å². The van der Waals surface area contributed by atoms with Crippen LogP contribution in [0.2, 0.25) is 0 Å². The third-order valence-corrected chi connectivity index (χ3v) is 3.04. The number of nitrogens with one attached hydrogen (secondary N) is 1. The van der Waals surface area contributed by atoms with Gasteiger partial charge in [-0.2, -0.15) is 5.26 Å². The van der Waals surface area contributed by atoms with Crippen molar-refractivity contribution in [2.24, 2.45) is 0 Å². The highest BCUT2D eigenvalue weighted by Gasteiger charge is 2.11. The summed E-state index contributed by atoms with van der Waals surface area (Å²) in [5, 5.41) is 11.9. The van der Waals surface area contributed by atoms with E-state index in [2.05, 4.69) is 5.32 Å². The molecule has 96 valence electrons. The van der Waals surface area contributed by atoms with E-state index in [1.807, 2.05) is 43.3 Å². The van der Waals surface area contributed by atoms with Crippen LogP contribution in [0.3, 0.4) is 0 Å². The highest BCUT2D eigenvalue weighted by Crippen LogP contribution is 2.24. The van der Waals surface area contributed by atoms with Gasteiger partial charge in [-0.3, -0.25) is 0 Å². The summed E-state index contributed by atoms with van der Waals surface area (Å²) in [4.78, 5) is 0. The van der Waals surface area contributed by atoms with Gasteiger partial charge in [-0.15, -0.1) is 0 Å². The van der Waals surface area contributed by atoms with Crippen LogP contribution >= 0.6 is 0 Å². The van der Waals surface area contributed by atoms with E-state index in [1.54, 1.807) is 12.1 Å².